The Morgan fingerprint density at radius 3 is 2.70 bits per heavy atom. The van der Waals surface area contributed by atoms with Gasteiger partial charge in [-0.3, -0.25) is 9.59 Å². The number of amides is 2. The molecular formula is C16H20N4O2S. The lowest BCUT2D eigenvalue weighted by atomic mass is 10.2. The third-order valence-corrected chi connectivity index (χ3v) is 3.90. The first kappa shape index (κ1) is 17.1. The first-order valence-corrected chi connectivity index (χ1v) is 8.24. The van der Waals surface area contributed by atoms with E-state index in [1.807, 2.05) is 30.3 Å². The first-order chi connectivity index (χ1) is 11.1. The molecule has 0 saturated heterocycles. The van der Waals surface area contributed by atoms with Gasteiger partial charge in [0.05, 0.1) is 0 Å². The summed E-state index contributed by atoms with van der Waals surface area (Å²) in [4.78, 5) is 29.6. The van der Waals surface area contributed by atoms with Crippen LogP contribution in [0.1, 0.15) is 29.4 Å². The summed E-state index contributed by atoms with van der Waals surface area (Å²) >= 11 is 1.24. The second-order valence-corrected chi connectivity index (χ2v) is 5.93. The van der Waals surface area contributed by atoms with Gasteiger partial charge in [0, 0.05) is 25.4 Å². The number of carbonyl (C=O) groups excluding carboxylic acids is 2. The van der Waals surface area contributed by atoms with Crippen molar-refractivity contribution < 1.29 is 9.59 Å². The van der Waals surface area contributed by atoms with Crippen molar-refractivity contribution in [1.29, 1.82) is 0 Å². The highest BCUT2D eigenvalue weighted by atomic mass is 32.1. The molecule has 1 aromatic carbocycles. The van der Waals surface area contributed by atoms with E-state index in [1.165, 1.54) is 18.3 Å². The maximum atomic E-state index is 12.7. The summed E-state index contributed by atoms with van der Waals surface area (Å²) in [5, 5.41) is 4.68. The Labute approximate surface area is 139 Å². The van der Waals surface area contributed by atoms with Gasteiger partial charge in [0.2, 0.25) is 5.91 Å². The van der Waals surface area contributed by atoms with Crippen molar-refractivity contribution in [3.63, 3.8) is 0 Å². The van der Waals surface area contributed by atoms with Crippen molar-refractivity contribution in [2.24, 2.45) is 5.73 Å². The molecule has 0 radical (unpaired) electrons. The van der Waals surface area contributed by atoms with E-state index in [2.05, 4.69) is 10.3 Å². The summed E-state index contributed by atoms with van der Waals surface area (Å²) in [5.74, 6) is -0.363. The van der Waals surface area contributed by atoms with Crippen LogP contribution in [0.5, 0.6) is 0 Å². The minimum atomic E-state index is -0.206. The molecule has 0 bridgehead atoms. The number of hydrogen-bond acceptors (Lipinski definition) is 5. The zero-order valence-corrected chi connectivity index (χ0v) is 13.8. The molecule has 23 heavy (non-hydrogen) atoms. The van der Waals surface area contributed by atoms with Crippen molar-refractivity contribution in [2.75, 3.05) is 18.4 Å². The van der Waals surface area contributed by atoms with Gasteiger partial charge in [0.1, 0.15) is 5.69 Å². The maximum Gasteiger partial charge on any atom is 0.273 e. The van der Waals surface area contributed by atoms with Crippen LogP contribution in [0.25, 0.3) is 0 Å². The van der Waals surface area contributed by atoms with Gasteiger partial charge in [0.25, 0.3) is 5.91 Å². The van der Waals surface area contributed by atoms with Crippen LogP contribution in [-0.4, -0.2) is 34.8 Å². The Morgan fingerprint density at radius 2 is 2.04 bits per heavy atom. The fourth-order valence-corrected chi connectivity index (χ4v) is 2.81. The molecule has 0 aliphatic rings. The van der Waals surface area contributed by atoms with Crippen LogP contribution in [0.3, 0.4) is 0 Å². The molecule has 0 unspecified atom stereocenters. The number of benzene rings is 1. The maximum absolute atomic E-state index is 12.7. The van der Waals surface area contributed by atoms with Crippen molar-refractivity contribution in [3.05, 3.63) is 47.0 Å². The Hall–Kier alpha value is -2.25. The van der Waals surface area contributed by atoms with Crippen LogP contribution in [0.4, 0.5) is 5.13 Å². The number of hydrogen-bond donors (Lipinski definition) is 2. The summed E-state index contributed by atoms with van der Waals surface area (Å²) in [6.45, 7) is 3.00. The lowest BCUT2D eigenvalue weighted by Crippen LogP contribution is -2.32. The number of anilines is 1. The van der Waals surface area contributed by atoms with E-state index in [1.54, 1.807) is 10.3 Å². The molecule has 0 aliphatic carbocycles. The van der Waals surface area contributed by atoms with Crippen LogP contribution in [0.2, 0.25) is 0 Å². The first-order valence-electron chi connectivity index (χ1n) is 7.36. The zero-order chi connectivity index (χ0) is 16.7. The molecule has 2 aromatic rings. The van der Waals surface area contributed by atoms with Crippen molar-refractivity contribution in [3.8, 4) is 0 Å². The highest BCUT2D eigenvalue weighted by Gasteiger charge is 2.19. The van der Waals surface area contributed by atoms with E-state index in [9.17, 15) is 9.59 Å². The summed E-state index contributed by atoms with van der Waals surface area (Å²) < 4.78 is 0. The van der Waals surface area contributed by atoms with Gasteiger partial charge in [-0.05, 0) is 18.5 Å². The zero-order valence-electron chi connectivity index (χ0n) is 13.0. The minimum absolute atomic E-state index is 0.157. The molecule has 3 N–H and O–H groups in total. The number of nitrogens with two attached hydrogens (primary N) is 1. The van der Waals surface area contributed by atoms with Crippen LogP contribution in [-0.2, 0) is 11.3 Å². The fraction of sp³-hybridized carbons (Fsp3) is 0.312. The van der Waals surface area contributed by atoms with E-state index in [-0.39, 0.29) is 11.8 Å². The second-order valence-electron chi connectivity index (χ2n) is 5.07. The van der Waals surface area contributed by atoms with Gasteiger partial charge in [-0.25, -0.2) is 4.98 Å². The normalized spacial score (nSPS) is 10.3. The summed E-state index contributed by atoms with van der Waals surface area (Å²) in [7, 11) is 0. The molecule has 0 fully saturated rings. The van der Waals surface area contributed by atoms with Crippen molar-refractivity contribution in [2.45, 2.75) is 19.9 Å². The average Bonchev–Trinajstić information content (AvgIpc) is 2.99. The quantitative estimate of drug-likeness (QED) is 0.812. The number of aromatic nitrogens is 1. The third kappa shape index (κ3) is 5.15. The molecule has 122 valence electrons. The smallest absolute Gasteiger partial charge is 0.273 e. The predicted molar refractivity (Wildman–Crippen MR) is 91.3 cm³/mol. The number of carbonyl (C=O) groups is 2. The molecule has 0 saturated carbocycles. The molecule has 7 heteroatoms. The Bertz CT molecular complexity index is 657. The van der Waals surface area contributed by atoms with Gasteiger partial charge in [-0.1, -0.05) is 30.3 Å². The Balaban J connectivity index is 2.12. The van der Waals surface area contributed by atoms with Crippen LogP contribution < -0.4 is 11.1 Å². The number of nitrogens with zero attached hydrogens (tertiary/aromatic N) is 2. The van der Waals surface area contributed by atoms with E-state index in [0.29, 0.717) is 30.5 Å². The number of thiazole rings is 1. The predicted octanol–water partition coefficient (Wildman–Crippen LogP) is 2.09. The largest absolute Gasteiger partial charge is 0.333 e. The van der Waals surface area contributed by atoms with E-state index < -0.39 is 0 Å². The number of nitrogens with one attached hydrogen (secondary N) is 1. The molecule has 2 rings (SSSR count). The minimum Gasteiger partial charge on any atom is -0.333 e. The van der Waals surface area contributed by atoms with Crippen molar-refractivity contribution in [1.82, 2.24) is 9.88 Å². The van der Waals surface area contributed by atoms with Crippen LogP contribution >= 0.6 is 11.3 Å². The van der Waals surface area contributed by atoms with Gasteiger partial charge < -0.3 is 16.0 Å². The molecule has 1 aromatic heterocycles. The second kappa shape index (κ2) is 8.40. The average molecular weight is 332 g/mol. The van der Waals surface area contributed by atoms with E-state index >= 15 is 0 Å². The van der Waals surface area contributed by atoms with Gasteiger partial charge >= 0.3 is 0 Å². The summed E-state index contributed by atoms with van der Waals surface area (Å²) in [6.07, 6.45) is 0.723. The molecule has 0 spiro atoms. The monoisotopic (exact) mass is 332 g/mol. The van der Waals surface area contributed by atoms with E-state index in [4.69, 9.17) is 5.73 Å². The Morgan fingerprint density at radius 1 is 1.30 bits per heavy atom. The molecule has 6 nitrogen and oxygen atoms in total. The summed E-state index contributed by atoms with van der Waals surface area (Å²) in [5.41, 5.74) is 6.96. The molecular weight excluding hydrogens is 312 g/mol. The standard InChI is InChI=1S/C16H20N4O2S/c1-12(21)18-16-19-14(11-23-16)15(22)20(9-5-8-17)10-13-6-3-2-4-7-13/h2-4,6-7,11H,5,8-10,17H2,1H3,(H,18,19,21). The highest BCUT2D eigenvalue weighted by molar-refractivity contribution is 7.14. The SMILES string of the molecule is CC(=O)Nc1nc(C(=O)N(CCCN)Cc2ccccc2)cs1. The van der Waals surface area contributed by atoms with E-state index in [0.717, 1.165) is 12.0 Å². The molecule has 2 amide bonds. The van der Waals surface area contributed by atoms with Gasteiger partial charge in [-0.2, -0.15) is 0 Å². The highest BCUT2D eigenvalue weighted by Crippen LogP contribution is 2.18. The van der Waals surface area contributed by atoms with Crippen LogP contribution in [0, 0.1) is 0 Å². The van der Waals surface area contributed by atoms with Gasteiger partial charge in [-0.15, -0.1) is 11.3 Å². The third-order valence-electron chi connectivity index (χ3n) is 3.14. The van der Waals surface area contributed by atoms with Crippen LogP contribution in [0.15, 0.2) is 35.7 Å². The topological polar surface area (TPSA) is 88.3 Å². The van der Waals surface area contributed by atoms with Crippen molar-refractivity contribution >= 4 is 28.3 Å². The molecule has 0 atom stereocenters. The lowest BCUT2D eigenvalue weighted by Gasteiger charge is -2.21. The Kier molecular flexibility index (Phi) is 6.25. The number of rotatable bonds is 7. The van der Waals surface area contributed by atoms with Gasteiger partial charge in [0.15, 0.2) is 5.13 Å². The fourth-order valence-electron chi connectivity index (χ4n) is 2.08. The molecule has 1 heterocycles. The molecule has 0 aliphatic heterocycles. The lowest BCUT2D eigenvalue weighted by molar-refractivity contribution is -0.114. The summed E-state index contributed by atoms with van der Waals surface area (Å²) in [6, 6.07) is 9.78.